The summed E-state index contributed by atoms with van der Waals surface area (Å²) in [5.41, 5.74) is 1.70. The normalized spacial score (nSPS) is 11.7. The molecule has 0 amide bonds. The molecule has 1 aromatic heterocycles. The van der Waals surface area contributed by atoms with E-state index in [-0.39, 0.29) is 10.6 Å². The molecule has 0 saturated heterocycles. The lowest BCUT2D eigenvalue weighted by Gasteiger charge is -2.10. The number of fused-ring (bicyclic) bond motifs is 1. The van der Waals surface area contributed by atoms with E-state index in [0.29, 0.717) is 22.4 Å². The highest BCUT2D eigenvalue weighted by molar-refractivity contribution is 7.90. The summed E-state index contributed by atoms with van der Waals surface area (Å²) in [6.07, 6.45) is 0. The first kappa shape index (κ1) is 15.4. The highest BCUT2D eigenvalue weighted by Crippen LogP contribution is 2.30. The molecule has 25 heavy (non-hydrogen) atoms. The summed E-state index contributed by atoms with van der Waals surface area (Å²) in [4.78, 5) is 4.70. The van der Waals surface area contributed by atoms with Crippen LogP contribution < -0.4 is 0 Å². The summed E-state index contributed by atoms with van der Waals surface area (Å²) < 4.78 is 27.7. The molecular weight excluding hydrogens is 336 g/mol. The molecule has 1 N–H and O–H groups in total. The van der Waals surface area contributed by atoms with E-state index in [9.17, 15) is 13.5 Å². The van der Waals surface area contributed by atoms with Crippen molar-refractivity contribution >= 4 is 21.1 Å². The van der Waals surface area contributed by atoms with Crippen molar-refractivity contribution in [1.29, 1.82) is 0 Å². The Morgan fingerprint density at radius 3 is 2.16 bits per heavy atom. The molecular formula is C19H14N2O3S. The van der Waals surface area contributed by atoms with E-state index in [0.717, 1.165) is 0 Å². The molecule has 4 rings (SSSR count). The number of phenolic OH excluding ortho intramolecular Hbond substituents is 1. The largest absolute Gasteiger partial charge is 0.508 e. The van der Waals surface area contributed by atoms with Crippen LogP contribution in [-0.4, -0.2) is 22.5 Å². The van der Waals surface area contributed by atoms with Crippen LogP contribution in [0.4, 0.5) is 0 Å². The number of aromatic nitrogens is 2. The van der Waals surface area contributed by atoms with Crippen LogP contribution in [0, 0.1) is 0 Å². The van der Waals surface area contributed by atoms with E-state index in [1.807, 2.05) is 6.07 Å². The molecule has 0 fully saturated rings. The van der Waals surface area contributed by atoms with Gasteiger partial charge in [0.05, 0.1) is 15.9 Å². The number of benzene rings is 3. The zero-order chi connectivity index (χ0) is 17.4. The quantitative estimate of drug-likeness (QED) is 0.612. The predicted octanol–water partition coefficient (Wildman–Crippen LogP) is 3.65. The van der Waals surface area contributed by atoms with Gasteiger partial charge in [0.15, 0.2) is 5.82 Å². The number of phenols is 1. The third-order valence-electron chi connectivity index (χ3n) is 3.93. The minimum absolute atomic E-state index is 0.109. The van der Waals surface area contributed by atoms with Crippen LogP contribution in [0.1, 0.15) is 0 Å². The zero-order valence-corrected chi connectivity index (χ0v) is 13.9. The number of hydrogen-bond acceptors (Lipinski definition) is 4. The Hall–Kier alpha value is -3.12. The predicted molar refractivity (Wildman–Crippen MR) is 95.9 cm³/mol. The lowest BCUT2D eigenvalue weighted by molar-refractivity contribution is 0.475. The number of para-hydroxylation sites is 2. The molecule has 5 nitrogen and oxygen atoms in total. The van der Waals surface area contributed by atoms with Crippen molar-refractivity contribution in [3.8, 4) is 17.1 Å². The molecule has 0 aliphatic rings. The molecule has 4 aromatic rings. The Morgan fingerprint density at radius 2 is 1.44 bits per heavy atom. The number of nitrogens with zero attached hydrogens (tertiary/aromatic N) is 2. The standard InChI is InChI=1S/C19H14N2O3S/c22-15-12-10-14(11-13-15)19-20-17-8-4-5-9-18(17)21(19)25(23,24)16-6-2-1-3-7-16/h1-13,22H. The second kappa shape index (κ2) is 5.75. The summed E-state index contributed by atoms with van der Waals surface area (Å²) in [5, 5.41) is 9.51. The van der Waals surface area contributed by atoms with Crippen molar-refractivity contribution < 1.29 is 13.5 Å². The molecule has 0 aliphatic heterocycles. The second-order valence-electron chi connectivity index (χ2n) is 5.55. The summed E-state index contributed by atoms with van der Waals surface area (Å²) in [7, 11) is -3.82. The van der Waals surface area contributed by atoms with Crippen molar-refractivity contribution in [3.63, 3.8) is 0 Å². The first-order chi connectivity index (χ1) is 12.1. The van der Waals surface area contributed by atoms with Crippen LogP contribution in [0.2, 0.25) is 0 Å². The maximum absolute atomic E-state index is 13.2. The first-order valence-electron chi connectivity index (χ1n) is 7.65. The van der Waals surface area contributed by atoms with Gasteiger partial charge in [-0.15, -0.1) is 0 Å². The van der Waals surface area contributed by atoms with Crippen LogP contribution in [0.15, 0.2) is 83.8 Å². The van der Waals surface area contributed by atoms with E-state index >= 15 is 0 Å². The first-order valence-corrected chi connectivity index (χ1v) is 9.09. The van der Waals surface area contributed by atoms with Crippen LogP contribution in [0.5, 0.6) is 5.75 Å². The van der Waals surface area contributed by atoms with Crippen LogP contribution in [0.3, 0.4) is 0 Å². The number of hydrogen-bond donors (Lipinski definition) is 1. The number of aromatic hydroxyl groups is 1. The Labute approximate surface area is 144 Å². The maximum atomic E-state index is 13.2. The van der Waals surface area contributed by atoms with Crippen LogP contribution >= 0.6 is 0 Å². The van der Waals surface area contributed by atoms with E-state index in [1.165, 1.54) is 16.1 Å². The molecule has 0 radical (unpaired) electrons. The van der Waals surface area contributed by atoms with Gasteiger partial charge in [0.2, 0.25) is 0 Å². The minimum Gasteiger partial charge on any atom is -0.508 e. The lowest BCUT2D eigenvalue weighted by Crippen LogP contribution is -2.14. The monoisotopic (exact) mass is 350 g/mol. The second-order valence-corrected chi connectivity index (χ2v) is 7.34. The van der Waals surface area contributed by atoms with Gasteiger partial charge in [-0.2, -0.15) is 0 Å². The molecule has 1 heterocycles. The van der Waals surface area contributed by atoms with Gasteiger partial charge in [-0.1, -0.05) is 30.3 Å². The zero-order valence-electron chi connectivity index (χ0n) is 13.1. The van der Waals surface area contributed by atoms with Gasteiger partial charge < -0.3 is 5.11 Å². The molecule has 124 valence electrons. The molecule has 0 saturated carbocycles. The highest BCUT2D eigenvalue weighted by Gasteiger charge is 2.24. The topological polar surface area (TPSA) is 72.2 Å². The Kier molecular flexibility index (Phi) is 3.54. The molecule has 3 aromatic carbocycles. The van der Waals surface area contributed by atoms with Crippen LogP contribution in [-0.2, 0) is 10.0 Å². The van der Waals surface area contributed by atoms with Crippen molar-refractivity contribution in [1.82, 2.24) is 8.96 Å². The van der Waals surface area contributed by atoms with Gasteiger partial charge >= 0.3 is 0 Å². The minimum atomic E-state index is -3.82. The van der Waals surface area contributed by atoms with Crippen LogP contribution in [0.25, 0.3) is 22.4 Å². The fraction of sp³-hybridized carbons (Fsp3) is 0. The Morgan fingerprint density at radius 1 is 0.800 bits per heavy atom. The summed E-state index contributed by atoms with van der Waals surface area (Å²) in [6, 6.07) is 21.7. The molecule has 0 unspecified atom stereocenters. The maximum Gasteiger partial charge on any atom is 0.269 e. The van der Waals surface area contributed by atoms with Crippen molar-refractivity contribution in [2.75, 3.05) is 0 Å². The van der Waals surface area contributed by atoms with E-state index < -0.39 is 10.0 Å². The van der Waals surface area contributed by atoms with Gasteiger partial charge in [0, 0.05) is 5.56 Å². The van der Waals surface area contributed by atoms with Crippen molar-refractivity contribution in [2.45, 2.75) is 4.90 Å². The third kappa shape index (κ3) is 2.56. The summed E-state index contributed by atoms with van der Waals surface area (Å²) >= 11 is 0. The fourth-order valence-corrected chi connectivity index (χ4v) is 4.24. The number of rotatable bonds is 3. The van der Waals surface area contributed by atoms with Gasteiger partial charge in [-0.25, -0.2) is 17.4 Å². The van der Waals surface area contributed by atoms with E-state index in [1.54, 1.807) is 60.7 Å². The SMILES string of the molecule is O=S(=O)(c1ccccc1)n1c(-c2ccc(O)cc2)nc2ccccc21. The van der Waals surface area contributed by atoms with E-state index in [4.69, 9.17) is 0 Å². The summed E-state index contributed by atoms with van der Waals surface area (Å²) in [5.74, 6) is 0.419. The molecule has 0 bridgehead atoms. The number of imidazole rings is 1. The molecule has 0 atom stereocenters. The molecule has 0 aliphatic carbocycles. The van der Waals surface area contributed by atoms with Gasteiger partial charge in [-0.3, -0.25) is 0 Å². The van der Waals surface area contributed by atoms with Gasteiger partial charge in [-0.05, 0) is 48.5 Å². The van der Waals surface area contributed by atoms with Gasteiger partial charge in [0.1, 0.15) is 5.75 Å². The average molecular weight is 350 g/mol. The highest BCUT2D eigenvalue weighted by atomic mass is 32.2. The van der Waals surface area contributed by atoms with E-state index in [2.05, 4.69) is 4.98 Å². The summed E-state index contributed by atoms with van der Waals surface area (Å²) in [6.45, 7) is 0. The lowest BCUT2D eigenvalue weighted by atomic mass is 10.2. The molecule has 0 spiro atoms. The van der Waals surface area contributed by atoms with Crippen molar-refractivity contribution in [3.05, 3.63) is 78.9 Å². The third-order valence-corrected chi connectivity index (χ3v) is 5.64. The smallest absolute Gasteiger partial charge is 0.269 e. The average Bonchev–Trinajstić information content (AvgIpc) is 3.03. The van der Waals surface area contributed by atoms with Gasteiger partial charge in [0.25, 0.3) is 10.0 Å². The Bertz CT molecular complexity index is 1150. The van der Waals surface area contributed by atoms with Crippen molar-refractivity contribution in [2.24, 2.45) is 0 Å². The molecule has 6 heteroatoms. The fourth-order valence-electron chi connectivity index (χ4n) is 2.74. The Balaban J connectivity index is 2.05.